The minimum atomic E-state index is 0.284. The van der Waals surface area contributed by atoms with E-state index in [0.717, 1.165) is 34.9 Å². The maximum atomic E-state index is 6.93. The Labute approximate surface area is 121 Å². The largest absolute Gasteiger partial charge is 0.392 e. The van der Waals surface area contributed by atoms with Gasteiger partial charge in [0.1, 0.15) is 0 Å². The van der Waals surface area contributed by atoms with Gasteiger partial charge in [0.25, 0.3) is 0 Å². The summed E-state index contributed by atoms with van der Waals surface area (Å²) >= 11 is 0. The van der Waals surface area contributed by atoms with E-state index in [2.05, 4.69) is 46.0 Å². The number of hydrogen-bond acceptors (Lipinski definition) is 2. The lowest BCUT2D eigenvalue weighted by atomic mass is 10.1. The van der Waals surface area contributed by atoms with Crippen molar-refractivity contribution < 1.29 is 10.2 Å². The van der Waals surface area contributed by atoms with Gasteiger partial charge in [-0.25, -0.2) is 0 Å². The van der Waals surface area contributed by atoms with Gasteiger partial charge >= 0.3 is 0 Å². The van der Waals surface area contributed by atoms with Crippen molar-refractivity contribution in [3.05, 3.63) is 47.5 Å². The van der Waals surface area contributed by atoms with Crippen LogP contribution in [0.1, 0.15) is 24.5 Å². The van der Waals surface area contributed by atoms with Crippen LogP contribution in [0.3, 0.4) is 0 Å². The van der Waals surface area contributed by atoms with E-state index in [1.807, 2.05) is 12.1 Å². The molecule has 0 aliphatic rings. The zero-order valence-corrected chi connectivity index (χ0v) is 11.6. The molecule has 1 heterocycles. The molecule has 3 nitrogen and oxygen atoms in total. The van der Waals surface area contributed by atoms with E-state index < -0.39 is 0 Å². The summed E-state index contributed by atoms with van der Waals surface area (Å²) < 4.78 is 16.2. The number of aliphatic hydroxyl groups is 2. The first kappa shape index (κ1) is 10.9. The Morgan fingerprint density at radius 3 is 1.95 bits per heavy atom. The van der Waals surface area contributed by atoms with Gasteiger partial charge in [0.2, 0.25) is 2.86 Å². The molecule has 0 amide bonds. The van der Waals surface area contributed by atoms with Gasteiger partial charge in [0.05, 0.1) is 13.2 Å². The standard InChI is InChI=1S/C17H19NO2/c1-2-7-18-16-5-3-12(10-19)8-14(16)15-9-13(11-20)4-6-17(15)18/h3-6,8-9,19-20H,2,7,10-11H2,1H3/i19D,20D. The van der Waals surface area contributed by atoms with Gasteiger partial charge < -0.3 is 14.8 Å². The monoisotopic (exact) mass is 271 g/mol. The second-order valence-corrected chi connectivity index (χ2v) is 5.14. The van der Waals surface area contributed by atoms with Crippen LogP contribution in [-0.4, -0.2) is 17.6 Å². The Hall–Kier alpha value is -1.84. The number of nitrogens with zero attached hydrogens (tertiary/aromatic N) is 1. The van der Waals surface area contributed by atoms with Crippen molar-refractivity contribution in [1.82, 2.24) is 4.57 Å². The Morgan fingerprint density at radius 2 is 1.50 bits per heavy atom. The second-order valence-electron chi connectivity index (χ2n) is 5.14. The predicted molar refractivity (Wildman–Crippen MR) is 81.6 cm³/mol. The molecule has 104 valence electrons. The summed E-state index contributed by atoms with van der Waals surface area (Å²) in [4.78, 5) is 0. The summed E-state index contributed by atoms with van der Waals surface area (Å²) in [5, 5.41) is 11.3. The first-order valence-electron chi connectivity index (χ1n) is 7.80. The first-order valence-corrected chi connectivity index (χ1v) is 6.98. The smallest absolute Gasteiger partial charge is 0.211 e. The highest BCUT2D eigenvalue weighted by Crippen LogP contribution is 2.31. The summed E-state index contributed by atoms with van der Waals surface area (Å²) in [6.07, 6.45) is 1.06. The minimum Gasteiger partial charge on any atom is -0.392 e. The van der Waals surface area contributed by atoms with Crippen molar-refractivity contribution in [1.29, 1.82) is 2.86 Å². The Kier molecular flexibility index (Phi) is 2.87. The fraction of sp³-hybridized carbons (Fsp3) is 0.294. The molecule has 2 N–H and O–H groups in total. The molecule has 2 aromatic carbocycles. The highest BCUT2D eigenvalue weighted by atomic mass is 16.3. The molecular weight excluding hydrogens is 250 g/mol. The Morgan fingerprint density at radius 1 is 0.950 bits per heavy atom. The Bertz CT molecular complexity index is 735. The minimum absolute atomic E-state index is 0.284. The summed E-state index contributed by atoms with van der Waals surface area (Å²) in [7, 11) is 0. The van der Waals surface area contributed by atoms with Gasteiger partial charge in [-0.2, -0.15) is 0 Å². The number of aliphatic hydroxyl groups excluding tert-OH is 2. The number of rotatable bonds is 6. The molecule has 20 heavy (non-hydrogen) atoms. The number of aryl methyl sites for hydroxylation is 1. The van der Waals surface area contributed by atoms with Gasteiger partial charge in [-0.1, -0.05) is 19.1 Å². The van der Waals surface area contributed by atoms with E-state index in [9.17, 15) is 0 Å². The molecule has 0 spiro atoms. The van der Waals surface area contributed by atoms with Crippen molar-refractivity contribution in [3.63, 3.8) is 0 Å². The predicted octanol–water partition coefficient (Wildman–Crippen LogP) is 3.19. The maximum absolute atomic E-state index is 6.93. The molecule has 0 atom stereocenters. The molecular formula is C17H19NO2. The van der Waals surface area contributed by atoms with Crippen LogP contribution in [0.4, 0.5) is 0 Å². The topological polar surface area (TPSA) is 45.4 Å². The lowest BCUT2D eigenvalue weighted by Crippen LogP contribution is -1.96. The van der Waals surface area contributed by atoms with E-state index in [0.29, 0.717) is 0 Å². The second kappa shape index (κ2) is 5.27. The maximum Gasteiger partial charge on any atom is 0.211 e. The van der Waals surface area contributed by atoms with Gasteiger partial charge in [-0.3, -0.25) is 0 Å². The molecule has 0 bridgehead atoms. The molecule has 0 unspecified atom stereocenters. The SMILES string of the molecule is [2H]OCc1ccc2c(c1)c1cc(CO[2H])ccc1n2CCC. The summed E-state index contributed by atoms with van der Waals surface area (Å²) in [6.45, 7) is 3.70. The molecule has 0 saturated heterocycles. The number of hydrogen-bond donors (Lipinski definition) is 2. The van der Waals surface area contributed by atoms with E-state index >= 15 is 0 Å². The molecule has 0 saturated carbocycles. The van der Waals surface area contributed by atoms with Gasteiger partial charge in [-0.05, 0) is 41.8 Å². The summed E-state index contributed by atoms with van der Waals surface area (Å²) in [5.74, 6) is 0. The van der Waals surface area contributed by atoms with Gasteiger partial charge in [0.15, 0.2) is 0 Å². The molecule has 0 fully saturated rings. The number of aromatic nitrogens is 1. The van der Waals surface area contributed by atoms with Crippen LogP contribution in [0.2, 0.25) is 0 Å². The van der Waals surface area contributed by atoms with Crippen LogP contribution in [0, 0.1) is 0 Å². The van der Waals surface area contributed by atoms with Crippen molar-refractivity contribution in [2.45, 2.75) is 33.1 Å². The quantitative estimate of drug-likeness (QED) is 0.723. The average Bonchev–Trinajstić information content (AvgIpc) is 2.82. The summed E-state index contributed by atoms with van der Waals surface area (Å²) in [5.41, 5.74) is 4.35. The van der Waals surface area contributed by atoms with E-state index in [1.165, 1.54) is 11.0 Å². The van der Waals surface area contributed by atoms with Gasteiger partial charge in [-0.15, -0.1) is 0 Å². The van der Waals surface area contributed by atoms with E-state index in [-0.39, 0.29) is 13.2 Å². The fourth-order valence-electron chi connectivity index (χ4n) is 2.84. The molecule has 3 heteroatoms. The zero-order chi connectivity index (χ0) is 15.5. The molecule has 1 aromatic heterocycles. The fourth-order valence-corrected chi connectivity index (χ4v) is 2.84. The highest BCUT2D eigenvalue weighted by Gasteiger charge is 2.11. The summed E-state index contributed by atoms with van der Waals surface area (Å²) in [6, 6.07) is 12.4. The molecule has 0 radical (unpaired) electrons. The normalized spacial score (nSPS) is 12.8. The number of fused-ring (bicyclic) bond motifs is 3. The highest BCUT2D eigenvalue weighted by molar-refractivity contribution is 6.08. The lowest BCUT2D eigenvalue weighted by Gasteiger charge is -2.05. The molecule has 0 aliphatic heterocycles. The average molecular weight is 271 g/mol. The molecule has 3 aromatic rings. The van der Waals surface area contributed by atoms with Gasteiger partial charge in [0, 0.05) is 28.4 Å². The van der Waals surface area contributed by atoms with Crippen molar-refractivity contribution in [2.24, 2.45) is 0 Å². The van der Waals surface area contributed by atoms with Crippen molar-refractivity contribution >= 4 is 21.8 Å². The van der Waals surface area contributed by atoms with Crippen LogP contribution in [0.25, 0.3) is 21.8 Å². The van der Waals surface area contributed by atoms with Crippen molar-refractivity contribution in [3.8, 4) is 0 Å². The number of benzene rings is 2. The van der Waals surface area contributed by atoms with Crippen molar-refractivity contribution in [2.75, 3.05) is 0 Å². The zero-order valence-electron chi connectivity index (χ0n) is 13.6. The third-order valence-corrected chi connectivity index (χ3v) is 3.77. The molecule has 3 rings (SSSR count). The third-order valence-electron chi connectivity index (χ3n) is 3.77. The first-order chi connectivity index (χ1) is 10.8. The lowest BCUT2D eigenvalue weighted by molar-refractivity contribution is 0.281. The van der Waals surface area contributed by atoms with Crippen LogP contribution < -0.4 is 0 Å². The van der Waals surface area contributed by atoms with Crippen LogP contribution in [0.5, 0.6) is 0 Å². The van der Waals surface area contributed by atoms with E-state index in [1.54, 1.807) is 0 Å². The van der Waals surface area contributed by atoms with Crippen LogP contribution in [0.15, 0.2) is 36.4 Å². The van der Waals surface area contributed by atoms with Crippen LogP contribution in [-0.2, 0) is 19.8 Å². The third kappa shape index (κ3) is 1.99. The van der Waals surface area contributed by atoms with E-state index in [4.69, 9.17) is 2.86 Å². The van der Waals surface area contributed by atoms with Crippen LogP contribution >= 0.6 is 0 Å². The Balaban J connectivity index is 2.26. The molecule has 0 aliphatic carbocycles.